The minimum Gasteiger partial charge on any atom is -0.478 e. The molecule has 0 aliphatic rings. The van der Waals surface area contributed by atoms with Gasteiger partial charge in [0.1, 0.15) is 30.0 Å². The molecular formula is C12H16O11. The molecule has 0 fully saturated rings. The van der Waals surface area contributed by atoms with E-state index < -0.39 is 48.7 Å². The van der Waals surface area contributed by atoms with Crippen LogP contribution in [-0.4, -0.2) is 85.0 Å². The van der Waals surface area contributed by atoms with Crippen LogP contribution in [0.5, 0.6) is 0 Å². The molecule has 130 valence electrons. The molecule has 0 aliphatic heterocycles. The highest BCUT2D eigenvalue weighted by Gasteiger charge is 2.29. The molecule has 0 saturated carbocycles. The topological polar surface area (TPSA) is 206 Å². The van der Waals surface area contributed by atoms with Crippen molar-refractivity contribution < 1.29 is 54.5 Å². The number of rotatable bonds is 7. The number of aliphatic hydroxyl groups is 5. The fourth-order valence-corrected chi connectivity index (χ4v) is 1.26. The second-order valence-electron chi connectivity index (χ2n) is 4.13. The van der Waals surface area contributed by atoms with Crippen LogP contribution in [0.3, 0.4) is 0 Å². The highest BCUT2D eigenvalue weighted by molar-refractivity contribution is 5.99. The summed E-state index contributed by atoms with van der Waals surface area (Å²) in [6.07, 6.45) is -5.82. The summed E-state index contributed by atoms with van der Waals surface area (Å²) in [6.45, 7) is -0.760. The molecule has 1 rings (SSSR count). The minimum absolute atomic E-state index is 0.0258. The number of carbonyl (C=O) groups is 3. The lowest BCUT2D eigenvalue weighted by Gasteiger charge is -2.22. The Morgan fingerprint density at radius 2 is 1.65 bits per heavy atom. The van der Waals surface area contributed by atoms with Gasteiger partial charge >= 0.3 is 11.9 Å². The van der Waals surface area contributed by atoms with Crippen LogP contribution in [0.4, 0.5) is 0 Å². The molecule has 11 nitrogen and oxygen atoms in total. The predicted molar refractivity (Wildman–Crippen MR) is 69.8 cm³/mol. The molecule has 1 aromatic heterocycles. The van der Waals surface area contributed by atoms with Gasteiger partial charge in [-0.15, -0.1) is 0 Å². The number of hydrogen-bond donors (Lipinski definition) is 7. The van der Waals surface area contributed by atoms with Crippen LogP contribution in [0.1, 0.15) is 20.9 Å². The number of aromatic carboxylic acids is 2. The summed E-state index contributed by atoms with van der Waals surface area (Å²) < 4.78 is 4.41. The van der Waals surface area contributed by atoms with Crippen molar-refractivity contribution >= 4 is 18.2 Å². The summed E-state index contributed by atoms with van der Waals surface area (Å²) >= 11 is 0. The average Bonchev–Trinajstić information content (AvgIpc) is 3.02. The van der Waals surface area contributed by atoms with Gasteiger partial charge in [0.05, 0.1) is 12.9 Å². The molecular weight excluding hydrogens is 320 g/mol. The van der Waals surface area contributed by atoms with Crippen molar-refractivity contribution in [3.8, 4) is 0 Å². The smallest absolute Gasteiger partial charge is 0.372 e. The van der Waals surface area contributed by atoms with Gasteiger partial charge in [-0.3, -0.25) is 0 Å². The minimum atomic E-state index is -1.79. The number of aldehydes is 1. The lowest BCUT2D eigenvalue weighted by Crippen LogP contribution is -2.46. The Bertz CT molecular complexity index is 494. The van der Waals surface area contributed by atoms with Crippen LogP contribution >= 0.6 is 0 Å². The third-order valence-corrected chi connectivity index (χ3v) is 2.51. The van der Waals surface area contributed by atoms with E-state index >= 15 is 0 Å². The largest absolute Gasteiger partial charge is 0.478 e. The van der Waals surface area contributed by atoms with Gasteiger partial charge in [0.15, 0.2) is 6.29 Å². The Kier molecular flexibility index (Phi) is 8.69. The Morgan fingerprint density at radius 3 is 2.00 bits per heavy atom. The first-order chi connectivity index (χ1) is 10.7. The SMILES string of the molecule is O=C(O)c1ccoc1C(=O)O.O=CC(O)C(O)C(O)C(O)CO. The van der Waals surface area contributed by atoms with Gasteiger partial charge in [-0.05, 0) is 6.07 Å². The van der Waals surface area contributed by atoms with Crippen LogP contribution in [0.2, 0.25) is 0 Å². The highest BCUT2D eigenvalue weighted by Crippen LogP contribution is 2.09. The Labute approximate surface area is 128 Å². The van der Waals surface area contributed by atoms with E-state index in [4.69, 9.17) is 35.7 Å². The predicted octanol–water partition coefficient (Wildman–Crippen LogP) is -2.70. The maximum Gasteiger partial charge on any atom is 0.372 e. The van der Waals surface area contributed by atoms with Gasteiger partial charge < -0.3 is 45.0 Å². The van der Waals surface area contributed by atoms with Crippen LogP contribution in [0.15, 0.2) is 16.7 Å². The van der Waals surface area contributed by atoms with Crippen molar-refractivity contribution in [3.05, 3.63) is 23.7 Å². The van der Waals surface area contributed by atoms with Gasteiger partial charge in [-0.2, -0.15) is 0 Å². The Morgan fingerprint density at radius 1 is 1.09 bits per heavy atom. The molecule has 0 radical (unpaired) electrons. The van der Waals surface area contributed by atoms with E-state index in [-0.39, 0.29) is 11.8 Å². The molecule has 0 bridgehead atoms. The van der Waals surface area contributed by atoms with E-state index in [0.717, 1.165) is 12.3 Å². The molecule has 11 heteroatoms. The van der Waals surface area contributed by atoms with E-state index in [2.05, 4.69) is 4.42 Å². The molecule has 1 heterocycles. The van der Waals surface area contributed by atoms with Crippen molar-refractivity contribution in [2.24, 2.45) is 0 Å². The van der Waals surface area contributed by atoms with Crippen molar-refractivity contribution in [2.75, 3.05) is 6.61 Å². The summed E-state index contributed by atoms with van der Waals surface area (Å²) in [5, 5.41) is 60.3. The van der Waals surface area contributed by atoms with E-state index in [1.807, 2.05) is 0 Å². The maximum absolute atomic E-state index is 10.3. The van der Waals surface area contributed by atoms with Gasteiger partial charge in [-0.25, -0.2) is 9.59 Å². The molecule has 0 spiro atoms. The van der Waals surface area contributed by atoms with Crippen LogP contribution in [0.25, 0.3) is 0 Å². The number of carboxylic acids is 2. The van der Waals surface area contributed by atoms with Crippen molar-refractivity contribution in [1.82, 2.24) is 0 Å². The van der Waals surface area contributed by atoms with Gasteiger partial charge in [0.2, 0.25) is 5.76 Å². The monoisotopic (exact) mass is 336 g/mol. The highest BCUT2D eigenvalue weighted by atomic mass is 16.4. The molecule has 4 unspecified atom stereocenters. The number of carboxylic acid groups (broad SMARTS) is 2. The molecule has 23 heavy (non-hydrogen) atoms. The van der Waals surface area contributed by atoms with Crippen LogP contribution in [-0.2, 0) is 4.79 Å². The van der Waals surface area contributed by atoms with Crippen molar-refractivity contribution in [2.45, 2.75) is 24.4 Å². The number of aliphatic hydroxyl groups excluding tert-OH is 5. The average molecular weight is 336 g/mol. The molecule has 1 aromatic rings. The van der Waals surface area contributed by atoms with Gasteiger partial charge in [-0.1, -0.05) is 0 Å². The fraction of sp³-hybridized carbons (Fsp3) is 0.417. The van der Waals surface area contributed by atoms with Crippen molar-refractivity contribution in [3.63, 3.8) is 0 Å². The zero-order valence-electron chi connectivity index (χ0n) is 11.5. The first-order valence-electron chi connectivity index (χ1n) is 5.99. The zero-order chi connectivity index (χ0) is 18.2. The van der Waals surface area contributed by atoms with E-state index in [9.17, 15) is 14.4 Å². The summed E-state index contributed by atoms with van der Waals surface area (Å²) in [7, 11) is 0. The zero-order valence-corrected chi connectivity index (χ0v) is 11.5. The molecule has 0 aromatic carbocycles. The number of furan rings is 1. The summed E-state index contributed by atoms with van der Waals surface area (Å²) in [5.41, 5.74) is -0.336. The third-order valence-electron chi connectivity index (χ3n) is 2.51. The normalized spacial score (nSPS) is 15.5. The van der Waals surface area contributed by atoms with E-state index in [1.54, 1.807) is 0 Å². The molecule has 0 aliphatic carbocycles. The molecule has 7 N–H and O–H groups in total. The standard InChI is InChI=1S/C6H12O6.C6H4O5/c7-1-3(9)5(11)6(12)4(10)2-8;7-5(8)3-1-2-11-4(3)6(9)10/h1,3-6,8-12H,2H2;1-2H,(H,7,8)(H,9,10). The van der Waals surface area contributed by atoms with Crippen LogP contribution in [0, 0.1) is 0 Å². The summed E-state index contributed by atoms with van der Waals surface area (Å²) in [5.74, 6) is -3.24. The summed E-state index contributed by atoms with van der Waals surface area (Å²) in [4.78, 5) is 30.4. The first kappa shape index (κ1) is 20.7. The lowest BCUT2D eigenvalue weighted by atomic mass is 10.0. The molecule has 4 atom stereocenters. The Balaban J connectivity index is 0.000000422. The quantitative estimate of drug-likeness (QED) is 0.255. The Hall–Kier alpha value is -2.31. The number of carbonyl (C=O) groups excluding carboxylic acids is 1. The summed E-state index contributed by atoms with van der Waals surface area (Å²) in [6, 6.07) is 1.09. The number of hydrogen-bond acceptors (Lipinski definition) is 9. The van der Waals surface area contributed by atoms with E-state index in [0.29, 0.717) is 0 Å². The van der Waals surface area contributed by atoms with Crippen molar-refractivity contribution in [1.29, 1.82) is 0 Å². The molecule has 0 saturated heterocycles. The van der Waals surface area contributed by atoms with Gasteiger partial charge in [0.25, 0.3) is 0 Å². The van der Waals surface area contributed by atoms with E-state index in [1.165, 1.54) is 0 Å². The third kappa shape index (κ3) is 6.14. The second-order valence-corrected chi connectivity index (χ2v) is 4.13. The fourth-order valence-electron chi connectivity index (χ4n) is 1.26. The lowest BCUT2D eigenvalue weighted by molar-refractivity contribution is -0.136. The molecule has 0 amide bonds. The van der Waals surface area contributed by atoms with Gasteiger partial charge in [0, 0.05) is 0 Å². The second kappa shape index (κ2) is 9.66. The first-order valence-corrected chi connectivity index (χ1v) is 5.99. The van der Waals surface area contributed by atoms with Crippen LogP contribution < -0.4 is 0 Å². The maximum atomic E-state index is 10.3.